The SMILES string of the molecule is C[C@@H](Oc1ccc(Cl)cc1Cl)C(=O)NC(=S)Nc1ccccc1O. The summed E-state index contributed by atoms with van der Waals surface area (Å²) < 4.78 is 5.50. The number of aromatic hydroxyl groups is 1. The van der Waals surface area contributed by atoms with E-state index in [1.165, 1.54) is 12.1 Å². The molecule has 3 N–H and O–H groups in total. The van der Waals surface area contributed by atoms with Crippen molar-refractivity contribution in [1.82, 2.24) is 5.32 Å². The van der Waals surface area contributed by atoms with Crippen molar-refractivity contribution in [3.63, 3.8) is 0 Å². The minimum Gasteiger partial charge on any atom is -0.506 e. The highest BCUT2D eigenvalue weighted by molar-refractivity contribution is 7.80. The molecule has 0 aromatic heterocycles. The molecule has 0 radical (unpaired) electrons. The number of carbonyl (C=O) groups is 1. The van der Waals surface area contributed by atoms with Gasteiger partial charge in [0.1, 0.15) is 11.5 Å². The lowest BCUT2D eigenvalue weighted by atomic mass is 10.3. The van der Waals surface area contributed by atoms with E-state index >= 15 is 0 Å². The standard InChI is InChI=1S/C16H14Cl2N2O3S/c1-9(23-14-7-6-10(17)8-11(14)18)15(22)20-16(24)19-12-4-2-3-5-13(12)21/h2-9,21H,1H3,(H2,19,20,22,24)/t9-/m1/s1. The fraction of sp³-hybridized carbons (Fsp3) is 0.125. The molecule has 0 fully saturated rings. The summed E-state index contributed by atoms with van der Waals surface area (Å²) in [6.07, 6.45) is -0.840. The quantitative estimate of drug-likeness (QED) is 0.549. The molecule has 1 atom stereocenters. The summed E-state index contributed by atoms with van der Waals surface area (Å²) in [6.45, 7) is 1.56. The third-order valence-corrected chi connectivity index (χ3v) is 3.69. The molecule has 0 aliphatic rings. The Kier molecular flexibility index (Phi) is 6.25. The maximum Gasteiger partial charge on any atom is 0.266 e. The normalized spacial score (nSPS) is 11.5. The molecule has 0 heterocycles. The summed E-state index contributed by atoms with van der Waals surface area (Å²) >= 11 is 16.9. The van der Waals surface area contributed by atoms with Crippen molar-refractivity contribution in [3.8, 4) is 11.5 Å². The first-order chi connectivity index (χ1) is 11.4. The van der Waals surface area contributed by atoms with Gasteiger partial charge < -0.3 is 15.2 Å². The Morgan fingerprint density at radius 1 is 1.25 bits per heavy atom. The van der Waals surface area contributed by atoms with Crippen LogP contribution >= 0.6 is 35.4 Å². The number of ether oxygens (including phenoxy) is 1. The van der Waals surface area contributed by atoms with Crippen LogP contribution in [-0.4, -0.2) is 22.2 Å². The highest BCUT2D eigenvalue weighted by Gasteiger charge is 2.17. The van der Waals surface area contributed by atoms with Gasteiger partial charge >= 0.3 is 0 Å². The molecule has 126 valence electrons. The molecule has 0 unspecified atom stereocenters. The number of amides is 1. The lowest BCUT2D eigenvalue weighted by molar-refractivity contribution is -0.125. The van der Waals surface area contributed by atoms with Crippen LogP contribution in [0.3, 0.4) is 0 Å². The van der Waals surface area contributed by atoms with E-state index in [0.717, 1.165) is 0 Å². The molecule has 0 aliphatic heterocycles. The zero-order valence-corrected chi connectivity index (χ0v) is 14.9. The Morgan fingerprint density at radius 3 is 2.62 bits per heavy atom. The number of anilines is 1. The van der Waals surface area contributed by atoms with Crippen LogP contribution in [0, 0.1) is 0 Å². The number of benzene rings is 2. The molecule has 2 rings (SSSR count). The smallest absolute Gasteiger partial charge is 0.266 e. The Morgan fingerprint density at radius 2 is 1.96 bits per heavy atom. The van der Waals surface area contributed by atoms with Gasteiger partial charge in [-0.15, -0.1) is 0 Å². The summed E-state index contributed by atoms with van der Waals surface area (Å²) in [7, 11) is 0. The summed E-state index contributed by atoms with van der Waals surface area (Å²) in [5.41, 5.74) is 0.386. The number of rotatable bonds is 4. The van der Waals surface area contributed by atoms with E-state index in [9.17, 15) is 9.90 Å². The fourth-order valence-electron chi connectivity index (χ4n) is 1.76. The van der Waals surface area contributed by atoms with E-state index in [0.29, 0.717) is 21.5 Å². The molecule has 24 heavy (non-hydrogen) atoms. The van der Waals surface area contributed by atoms with Crippen LogP contribution in [0.2, 0.25) is 10.0 Å². The van der Waals surface area contributed by atoms with E-state index in [-0.39, 0.29) is 10.9 Å². The number of hydrogen-bond donors (Lipinski definition) is 3. The van der Waals surface area contributed by atoms with E-state index in [1.54, 1.807) is 37.3 Å². The van der Waals surface area contributed by atoms with Crippen LogP contribution in [0.25, 0.3) is 0 Å². The average molecular weight is 385 g/mol. The van der Waals surface area contributed by atoms with Gasteiger partial charge in [0.15, 0.2) is 11.2 Å². The zero-order chi connectivity index (χ0) is 17.7. The number of thiocarbonyl (C=S) groups is 1. The molecule has 0 aliphatic carbocycles. The third kappa shape index (κ3) is 4.99. The number of hydrogen-bond acceptors (Lipinski definition) is 4. The maximum atomic E-state index is 12.1. The number of nitrogens with one attached hydrogen (secondary N) is 2. The summed E-state index contributed by atoms with van der Waals surface area (Å²) in [6, 6.07) is 11.2. The van der Waals surface area contributed by atoms with Gasteiger partial charge in [0, 0.05) is 5.02 Å². The van der Waals surface area contributed by atoms with Crippen molar-refractivity contribution in [3.05, 3.63) is 52.5 Å². The average Bonchev–Trinajstić information content (AvgIpc) is 2.52. The third-order valence-electron chi connectivity index (χ3n) is 2.96. The maximum absolute atomic E-state index is 12.1. The molecule has 1 amide bonds. The second-order valence-corrected chi connectivity index (χ2v) is 6.05. The highest BCUT2D eigenvalue weighted by atomic mass is 35.5. The van der Waals surface area contributed by atoms with Gasteiger partial charge in [-0.1, -0.05) is 35.3 Å². The molecule has 2 aromatic carbocycles. The molecular weight excluding hydrogens is 371 g/mol. The largest absolute Gasteiger partial charge is 0.506 e. The molecule has 0 saturated heterocycles. The van der Waals surface area contributed by atoms with E-state index in [4.69, 9.17) is 40.2 Å². The van der Waals surface area contributed by atoms with Gasteiger partial charge in [0.05, 0.1) is 10.7 Å². The molecule has 0 saturated carbocycles. The second-order valence-electron chi connectivity index (χ2n) is 4.80. The molecule has 0 spiro atoms. The number of phenols is 1. The van der Waals surface area contributed by atoms with Gasteiger partial charge in [0.2, 0.25) is 0 Å². The van der Waals surface area contributed by atoms with Crippen LogP contribution in [-0.2, 0) is 4.79 Å². The summed E-state index contributed by atoms with van der Waals surface area (Å²) in [5.74, 6) is -0.108. The van der Waals surface area contributed by atoms with Gasteiger partial charge in [-0.25, -0.2) is 0 Å². The van der Waals surface area contributed by atoms with Crippen molar-refractivity contribution in [1.29, 1.82) is 0 Å². The van der Waals surface area contributed by atoms with Crippen LogP contribution in [0.15, 0.2) is 42.5 Å². The van der Waals surface area contributed by atoms with Gasteiger partial charge in [-0.2, -0.15) is 0 Å². The first-order valence-electron chi connectivity index (χ1n) is 6.88. The van der Waals surface area contributed by atoms with Crippen molar-refractivity contribution in [2.75, 3.05) is 5.32 Å². The predicted molar refractivity (Wildman–Crippen MR) is 99.0 cm³/mol. The number of para-hydroxylation sites is 2. The zero-order valence-electron chi connectivity index (χ0n) is 12.5. The van der Waals surface area contributed by atoms with Gasteiger partial charge in [-0.3, -0.25) is 10.1 Å². The first-order valence-corrected chi connectivity index (χ1v) is 8.05. The van der Waals surface area contributed by atoms with E-state index in [2.05, 4.69) is 10.6 Å². The number of phenolic OH excluding ortho intramolecular Hbond substituents is 1. The molecule has 2 aromatic rings. The van der Waals surface area contributed by atoms with Crippen molar-refractivity contribution >= 4 is 52.1 Å². The van der Waals surface area contributed by atoms with Crippen LogP contribution < -0.4 is 15.4 Å². The Hall–Kier alpha value is -2.02. The Balaban J connectivity index is 1.93. The molecule has 0 bridgehead atoms. The summed E-state index contributed by atoms with van der Waals surface area (Å²) in [5, 5.41) is 15.7. The van der Waals surface area contributed by atoms with Crippen LogP contribution in [0.4, 0.5) is 5.69 Å². The van der Waals surface area contributed by atoms with Crippen LogP contribution in [0.1, 0.15) is 6.92 Å². The lowest BCUT2D eigenvalue weighted by Gasteiger charge is -2.17. The van der Waals surface area contributed by atoms with E-state index in [1.807, 2.05) is 0 Å². The van der Waals surface area contributed by atoms with Crippen molar-refractivity contribution in [2.24, 2.45) is 0 Å². The predicted octanol–water partition coefficient (Wildman–Crippen LogP) is 3.98. The Bertz CT molecular complexity index is 771. The minimum absolute atomic E-state index is 0.0198. The van der Waals surface area contributed by atoms with Crippen molar-refractivity contribution in [2.45, 2.75) is 13.0 Å². The highest BCUT2D eigenvalue weighted by Crippen LogP contribution is 2.28. The topological polar surface area (TPSA) is 70.6 Å². The van der Waals surface area contributed by atoms with Gasteiger partial charge in [0.25, 0.3) is 5.91 Å². The van der Waals surface area contributed by atoms with Gasteiger partial charge in [-0.05, 0) is 49.5 Å². The monoisotopic (exact) mass is 384 g/mol. The summed E-state index contributed by atoms with van der Waals surface area (Å²) in [4.78, 5) is 12.1. The van der Waals surface area contributed by atoms with Crippen molar-refractivity contribution < 1.29 is 14.6 Å². The minimum atomic E-state index is -0.840. The van der Waals surface area contributed by atoms with E-state index < -0.39 is 12.0 Å². The lowest BCUT2D eigenvalue weighted by Crippen LogP contribution is -2.42. The first kappa shape index (κ1) is 18.3. The molecule has 8 heteroatoms. The number of carbonyl (C=O) groups excluding carboxylic acids is 1. The Labute approximate surface area is 154 Å². The fourth-order valence-corrected chi connectivity index (χ4v) is 2.42. The molecular formula is C16H14Cl2N2O3S. The van der Waals surface area contributed by atoms with Crippen LogP contribution in [0.5, 0.6) is 11.5 Å². The number of halogens is 2. The molecule has 5 nitrogen and oxygen atoms in total. The second kappa shape index (κ2) is 8.19.